The largest absolute Gasteiger partial charge is 0.497 e. The molecule has 0 saturated carbocycles. The second-order valence-electron chi connectivity index (χ2n) is 4.34. The van der Waals surface area contributed by atoms with E-state index in [1.165, 1.54) is 6.07 Å². The Morgan fingerprint density at radius 1 is 1.25 bits per heavy atom. The number of ether oxygens (including phenoxy) is 1. The maximum atomic E-state index is 13.1. The van der Waals surface area contributed by atoms with Gasteiger partial charge in [0, 0.05) is 11.8 Å². The zero-order valence-electron chi connectivity index (χ0n) is 10.9. The Morgan fingerprint density at radius 2 is 2.15 bits per heavy atom. The van der Waals surface area contributed by atoms with Crippen molar-refractivity contribution in [2.45, 2.75) is 10.9 Å². The SMILES string of the molecule is COc1ccc2nc(SCc3cccc(F)c3)[nH]c2c1. The molecule has 3 rings (SSSR count). The molecule has 0 spiro atoms. The smallest absolute Gasteiger partial charge is 0.166 e. The third kappa shape index (κ3) is 2.77. The molecule has 3 nitrogen and oxygen atoms in total. The Labute approximate surface area is 120 Å². The summed E-state index contributed by atoms with van der Waals surface area (Å²) in [6, 6.07) is 12.3. The summed E-state index contributed by atoms with van der Waals surface area (Å²) < 4.78 is 18.3. The maximum absolute atomic E-state index is 13.1. The minimum absolute atomic E-state index is 0.211. The minimum Gasteiger partial charge on any atom is -0.497 e. The molecule has 102 valence electrons. The third-order valence-corrected chi connectivity index (χ3v) is 3.88. The van der Waals surface area contributed by atoms with Crippen LogP contribution in [0, 0.1) is 5.82 Å². The first-order chi connectivity index (χ1) is 9.74. The van der Waals surface area contributed by atoms with Gasteiger partial charge in [-0.15, -0.1) is 0 Å². The first kappa shape index (κ1) is 13.0. The Morgan fingerprint density at radius 3 is 2.95 bits per heavy atom. The lowest BCUT2D eigenvalue weighted by Gasteiger charge is -1.98. The zero-order valence-corrected chi connectivity index (χ0v) is 11.7. The van der Waals surface area contributed by atoms with Crippen molar-refractivity contribution in [2.24, 2.45) is 0 Å². The number of nitrogens with one attached hydrogen (secondary N) is 1. The molecule has 1 N–H and O–H groups in total. The van der Waals surface area contributed by atoms with Crippen LogP contribution in [0.1, 0.15) is 5.56 Å². The predicted octanol–water partition coefficient (Wildman–Crippen LogP) is 4.00. The van der Waals surface area contributed by atoms with E-state index in [1.54, 1.807) is 31.0 Å². The molecular formula is C15H13FN2OS. The number of nitrogens with zero attached hydrogens (tertiary/aromatic N) is 1. The summed E-state index contributed by atoms with van der Waals surface area (Å²) in [5, 5.41) is 0.817. The van der Waals surface area contributed by atoms with Gasteiger partial charge in [-0.3, -0.25) is 0 Å². The number of hydrogen-bond donors (Lipinski definition) is 1. The number of halogens is 1. The van der Waals surface area contributed by atoms with Crippen LogP contribution < -0.4 is 4.74 Å². The summed E-state index contributed by atoms with van der Waals surface area (Å²) in [4.78, 5) is 7.72. The molecule has 20 heavy (non-hydrogen) atoms. The van der Waals surface area contributed by atoms with Crippen LogP contribution in [0.5, 0.6) is 5.75 Å². The van der Waals surface area contributed by atoms with Crippen LogP contribution in [0.4, 0.5) is 4.39 Å². The van der Waals surface area contributed by atoms with Crippen LogP contribution in [0.25, 0.3) is 11.0 Å². The van der Waals surface area contributed by atoms with Gasteiger partial charge in [0.25, 0.3) is 0 Å². The first-order valence-corrected chi connectivity index (χ1v) is 7.14. The van der Waals surface area contributed by atoms with Gasteiger partial charge < -0.3 is 9.72 Å². The van der Waals surface area contributed by atoms with Gasteiger partial charge in [-0.1, -0.05) is 23.9 Å². The van der Waals surface area contributed by atoms with E-state index in [0.717, 1.165) is 27.5 Å². The summed E-state index contributed by atoms with van der Waals surface area (Å²) >= 11 is 1.55. The predicted molar refractivity (Wildman–Crippen MR) is 78.6 cm³/mol. The monoisotopic (exact) mass is 288 g/mol. The van der Waals surface area contributed by atoms with Crippen LogP contribution in [-0.2, 0) is 5.75 Å². The lowest BCUT2D eigenvalue weighted by atomic mass is 10.2. The summed E-state index contributed by atoms with van der Waals surface area (Å²) in [6.07, 6.45) is 0. The Hall–Kier alpha value is -2.01. The van der Waals surface area contributed by atoms with Crippen molar-refractivity contribution in [3.8, 4) is 5.75 Å². The number of benzene rings is 2. The summed E-state index contributed by atoms with van der Waals surface area (Å²) in [6.45, 7) is 0. The Kier molecular flexibility index (Phi) is 3.60. The van der Waals surface area contributed by atoms with Crippen LogP contribution in [0.3, 0.4) is 0 Å². The molecule has 0 fully saturated rings. The van der Waals surface area contributed by atoms with E-state index in [0.29, 0.717) is 5.75 Å². The van der Waals surface area contributed by atoms with E-state index < -0.39 is 0 Å². The molecular weight excluding hydrogens is 275 g/mol. The van der Waals surface area contributed by atoms with Crippen molar-refractivity contribution in [2.75, 3.05) is 7.11 Å². The van der Waals surface area contributed by atoms with Crippen molar-refractivity contribution in [1.29, 1.82) is 0 Å². The van der Waals surface area contributed by atoms with Gasteiger partial charge in [-0.05, 0) is 29.8 Å². The fourth-order valence-corrected chi connectivity index (χ4v) is 2.77. The van der Waals surface area contributed by atoms with Gasteiger partial charge in [0.05, 0.1) is 18.1 Å². The third-order valence-electron chi connectivity index (χ3n) is 2.93. The van der Waals surface area contributed by atoms with Gasteiger partial charge in [0.15, 0.2) is 5.16 Å². The lowest BCUT2D eigenvalue weighted by molar-refractivity contribution is 0.415. The number of hydrogen-bond acceptors (Lipinski definition) is 3. The zero-order chi connectivity index (χ0) is 13.9. The molecule has 0 aliphatic rings. The first-order valence-electron chi connectivity index (χ1n) is 6.15. The van der Waals surface area contributed by atoms with E-state index in [1.807, 2.05) is 24.3 Å². The highest BCUT2D eigenvalue weighted by atomic mass is 32.2. The van der Waals surface area contributed by atoms with Crippen LogP contribution >= 0.6 is 11.8 Å². The van der Waals surface area contributed by atoms with Crippen molar-refractivity contribution in [3.05, 3.63) is 53.8 Å². The van der Waals surface area contributed by atoms with Crippen LogP contribution in [0.2, 0.25) is 0 Å². The molecule has 0 amide bonds. The maximum Gasteiger partial charge on any atom is 0.166 e. The molecule has 3 aromatic rings. The molecule has 0 atom stereocenters. The van der Waals surface area contributed by atoms with Crippen LogP contribution in [0.15, 0.2) is 47.6 Å². The average Bonchev–Trinajstić information content (AvgIpc) is 2.87. The number of thioether (sulfide) groups is 1. The molecule has 0 unspecified atom stereocenters. The lowest BCUT2D eigenvalue weighted by Crippen LogP contribution is -1.83. The standard InChI is InChI=1S/C15H13FN2OS/c1-19-12-5-6-13-14(8-12)18-15(17-13)20-9-10-3-2-4-11(16)7-10/h2-8H,9H2,1H3,(H,17,18). The Bertz CT molecular complexity index is 742. The highest BCUT2D eigenvalue weighted by Gasteiger charge is 2.05. The van der Waals surface area contributed by atoms with E-state index >= 15 is 0 Å². The van der Waals surface area contributed by atoms with E-state index in [2.05, 4.69) is 9.97 Å². The second-order valence-corrected chi connectivity index (χ2v) is 5.31. The molecule has 0 aliphatic heterocycles. The van der Waals surface area contributed by atoms with Gasteiger partial charge in [-0.25, -0.2) is 9.37 Å². The van der Waals surface area contributed by atoms with Crippen molar-refractivity contribution in [3.63, 3.8) is 0 Å². The molecule has 0 radical (unpaired) electrons. The summed E-state index contributed by atoms with van der Waals surface area (Å²) in [5.41, 5.74) is 2.77. The number of aromatic nitrogens is 2. The number of fused-ring (bicyclic) bond motifs is 1. The second kappa shape index (κ2) is 5.54. The van der Waals surface area contributed by atoms with Gasteiger partial charge in [-0.2, -0.15) is 0 Å². The van der Waals surface area contributed by atoms with Gasteiger partial charge >= 0.3 is 0 Å². The summed E-state index contributed by atoms with van der Waals surface area (Å²) in [7, 11) is 1.64. The normalized spacial score (nSPS) is 10.9. The molecule has 1 aromatic heterocycles. The van der Waals surface area contributed by atoms with Crippen molar-refractivity contribution < 1.29 is 9.13 Å². The number of methoxy groups -OCH3 is 1. The highest BCUT2D eigenvalue weighted by Crippen LogP contribution is 2.25. The van der Waals surface area contributed by atoms with E-state index in [9.17, 15) is 4.39 Å². The molecule has 5 heteroatoms. The molecule has 1 heterocycles. The number of rotatable bonds is 4. The van der Waals surface area contributed by atoms with Crippen LogP contribution in [-0.4, -0.2) is 17.1 Å². The van der Waals surface area contributed by atoms with Gasteiger partial charge in [0.2, 0.25) is 0 Å². The number of imidazole rings is 1. The van der Waals surface area contributed by atoms with E-state index in [4.69, 9.17) is 4.74 Å². The topological polar surface area (TPSA) is 37.9 Å². The molecule has 0 saturated heterocycles. The fraction of sp³-hybridized carbons (Fsp3) is 0.133. The average molecular weight is 288 g/mol. The number of H-pyrrole nitrogens is 1. The molecule has 0 aliphatic carbocycles. The fourth-order valence-electron chi connectivity index (χ4n) is 1.94. The highest BCUT2D eigenvalue weighted by molar-refractivity contribution is 7.98. The van der Waals surface area contributed by atoms with E-state index in [-0.39, 0.29) is 5.82 Å². The minimum atomic E-state index is -0.211. The van der Waals surface area contributed by atoms with Crippen molar-refractivity contribution in [1.82, 2.24) is 9.97 Å². The quantitative estimate of drug-likeness (QED) is 0.737. The Balaban J connectivity index is 1.77. The molecule has 2 aromatic carbocycles. The molecule has 0 bridgehead atoms. The van der Waals surface area contributed by atoms with Gasteiger partial charge in [0.1, 0.15) is 11.6 Å². The van der Waals surface area contributed by atoms with Crippen molar-refractivity contribution >= 4 is 22.8 Å². The summed E-state index contributed by atoms with van der Waals surface area (Å²) in [5.74, 6) is 1.26. The number of aromatic amines is 1.